The normalized spacial score (nSPS) is 25.3. The van der Waals surface area contributed by atoms with Crippen molar-refractivity contribution in [1.29, 1.82) is 0 Å². The van der Waals surface area contributed by atoms with Gasteiger partial charge in [0.2, 0.25) is 29.5 Å². The van der Waals surface area contributed by atoms with Crippen LogP contribution < -0.4 is 26.6 Å². The van der Waals surface area contributed by atoms with Crippen LogP contribution in [-0.2, 0) is 28.8 Å². The molecule has 2 aliphatic heterocycles. The first-order valence-electron chi connectivity index (χ1n) is 11.2. The molecule has 2 saturated heterocycles. The highest BCUT2D eigenvalue weighted by Gasteiger charge is 2.39. The Hall–Kier alpha value is -3.30. The predicted octanol–water partition coefficient (Wildman–Crippen LogP) is -5.00. The minimum Gasteiger partial charge on any atom is -0.480 e. The number of β-amino-alcohol motifs (C(OH)–C–C–N with tert-alkyl or cyclic N) is 2. The van der Waals surface area contributed by atoms with Gasteiger partial charge in [-0.2, -0.15) is 0 Å². The van der Waals surface area contributed by atoms with Crippen LogP contribution in [0.4, 0.5) is 0 Å². The summed E-state index contributed by atoms with van der Waals surface area (Å²) >= 11 is 0. The van der Waals surface area contributed by atoms with Crippen LogP contribution in [0.1, 0.15) is 26.7 Å². The minimum atomic E-state index is -1.25. The number of aliphatic carboxylic acids is 1. The fourth-order valence-electron chi connectivity index (χ4n) is 3.74. The maximum absolute atomic E-state index is 12.6. The van der Waals surface area contributed by atoms with Gasteiger partial charge in [0.1, 0.15) is 24.7 Å². The summed E-state index contributed by atoms with van der Waals surface area (Å²) in [7, 11) is 0. The lowest BCUT2D eigenvalue weighted by Gasteiger charge is -2.25. The van der Waals surface area contributed by atoms with Gasteiger partial charge in [0, 0.05) is 19.5 Å². The monoisotopic (exact) mass is 500 g/mol. The number of nitrogens with one attached hydrogen (secondary N) is 5. The Bertz CT molecular complexity index is 853. The molecule has 15 nitrogen and oxygen atoms in total. The summed E-state index contributed by atoms with van der Waals surface area (Å²) in [5.41, 5.74) is 0. The Morgan fingerprint density at radius 1 is 0.886 bits per heavy atom. The van der Waals surface area contributed by atoms with E-state index >= 15 is 0 Å². The molecule has 8 N–H and O–H groups in total. The summed E-state index contributed by atoms with van der Waals surface area (Å²) in [6, 6.07) is -3.78. The molecule has 15 heteroatoms. The number of aliphatic hydroxyl groups is 2. The lowest BCUT2D eigenvalue weighted by Crippen LogP contribution is -2.54. The summed E-state index contributed by atoms with van der Waals surface area (Å²) in [6.07, 6.45) is -1.49. The van der Waals surface area contributed by atoms with Gasteiger partial charge >= 0.3 is 5.97 Å². The van der Waals surface area contributed by atoms with Crippen LogP contribution in [0, 0.1) is 0 Å². The SMILES string of the molecule is C[C@H](NC(=O)[C@@H]1C[C@@H](O)CN1)C(=O)NCC(=O)N1C[C@H](O)C[C@H]1C(=O)N[C@@H](C)C(=O)NCC(=O)O. The summed E-state index contributed by atoms with van der Waals surface area (Å²) in [4.78, 5) is 73.2. The third kappa shape index (κ3) is 8.15. The van der Waals surface area contributed by atoms with Crippen LogP contribution in [-0.4, -0.2) is 118 Å². The van der Waals surface area contributed by atoms with Gasteiger partial charge in [-0.25, -0.2) is 0 Å². The first kappa shape index (κ1) is 27.9. The molecule has 6 atom stereocenters. The van der Waals surface area contributed by atoms with Gasteiger partial charge in [-0.1, -0.05) is 0 Å². The highest BCUT2D eigenvalue weighted by Crippen LogP contribution is 2.18. The van der Waals surface area contributed by atoms with E-state index in [1.54, 1.807) is 0 Å². The van der Waals surface area contributed by atoms with E-state index in [9.17, 15) is 39.0 Å². The fraction of sp³-hybridized carbons (Fsp3) is 0.700. The standard InChI is InChI=1S/C20H32N6O9/c1-9(24-19(34)13-3-11(27)5-21-13)17(32)22-6-15(29)26-8-12(28)4-14(26)20(35)25-10(2)18(33)23-7-16(30)31/h9-14,21,27-28H,3-8H2,1-2H3,(H,22,32)(H,23,33)(H,24,34)(H,25,35)(H,30,31)/t9-,10-,11+,12+,13-,14-/m0/s1. The largest absolute Gasteiger partial charge is 0.480 e. The number of hydrogen-bond donors (Lipinski definition) is 8. The number of likely N-dealkylation sites (tertiary alicyclic amines) is 1. The van der Waals surface area contributed by atoms with Crippen molar-refractivity contribution >= 4 is 35.5 Å². The fourth-order valence-corrected chi connectivity index (χ4v) is 3.74. The van der Waals surface area contributed by atoms with Crippen molar-refractivity contribution in [2.45, 2.75) is 63.1 Å². The summed E-state index contributed by atoms with van der Waals surface area (Å²) in [5.74, 6) is -4.46. The van der Waals surface area contributed by atoms with Gasteiger partial charge in [0.25, 0.3) is 0 Å². The number of carbonyl (C=O) groups excluding carboxylic acids is 5. The zero-order chi connectivity index (χ0) is 26.3. The maximum Gasteiger partial charge on any atom is 0.322 e. The highest BCUT2D eigenvalue weighted by atomic mass is 16.4. The molecule has 0 saturated carbocycles. The van der Waals surface area contributed by atoms with Crippen LogP contribution >= 0.6 is 0 Å². The summed E-state index contributed by atoms with van der Waals surface area (Å²) in [6.45, 7) is 1.76. The Morgan fingerprint density at radius 3 is 2.00 bits per heavy atom. The number of aliphatic hydroxyl groups excluding tert-OH is 2. The van der Waals surface area contributed by atoms with Gasteiger partial charge in [-0.05, 0) is 20.3 Å². The number of carboxylic acids is 1. The topological polar surface area (TPSA) is 226 Å². The van der Waals surface area contributed by atoms with E-state index in [-0.39, 0.29) is 25.9 Å². The molecule has 2 aliphatic rings. The molecule has 0 aromatic heterocycles. The molecular weight excluding hydrogens is 468 g/mol. The molecule has 35 heavy (non-hydrogen) atoms. The molecule has 0 bridgehead atoms. The second-order valence-corrected chi connectivity index (χ2v) is 8.59. The lowest BCUT2D eigenvalue weighted by atomic mass is 10.1. The molecule has 5 amide bonds. The number of hydrogen-bond acceptors (Lipinski definition) is 9. The van der Waals surface area contributed by atoms with E-state index < -0.39 is 85.0 Å². The number of carbonyl (C=O) groups is 6. The molecule has 2 heterocycles. The molecular formula is C20H32N6O9. The van der Waals surface area contributed by atoms with Gasteiger partial charge in [-0.3, -0.25) is 28.8 Å². The van der Waals surface area contributed by atoms with Crippen molar-refractivity contribution in [2.24, 2.45) is 0 Å². The minimum absolute atomic E-state index is 0.0817. The summed E-state index contributed by atoms with van der Waals surface area (Å²) in [5, 5.41) is 40.3. The zero-order valence-electron chi connectivity index (χ0n) is 19.4. The van der Waals surface area contributed by atoms with Crippen LogP contribution in [0.2, 0.25) is 0 Å². The van der Waals surface area contributed by atoms with Crippen LogP contribution in [0.15, 0.2) is 0 Å². The van der Waals surface area contributed by atoms with Crippen LogP contribution in [0.3, 0.4) is 0 Å². The third-order valence-electron chi connectivity index (χ3n) is 5.66. The molecule has 0 unspecified atom stereocenters. The molecule has 196 valence electrons. The van der Waals surface area contributed by atoms with Crippen molar-refractivity contribution in [3.8, 4) is 0 Å². The van der Waals surface area contributed by atoms with E-state index in [4.69, 9.17) is 5.11 Å². The Balaban J connectivity index is 1.85. The van der Waals surface area contributed by atoms with E-state index in [0.717, 1.165) is 4.90 Å². The van der Waals surface area contributed by atoms with Gasteiger partial charge in [0.15, 0.2) is 0 Å². The molecule has 2 fully saturated rings. The molecule has 0 spiro atoms. The number of rotatable bonds is 10. The molecule has 0 radical (unpaired) electrons. The quantitative estimate of drug-likeness (QED) is 0.142. The van der Waals surface area contributed by atoms with Crippen molar-refractivity contribution in [3.05, 3.63) is 0 Å². The van der Waals surface area contributed by atoms with Crippen molar-refractivity contribution < 1.29 is 44.1 Å². The molecule has 2 rings (SSSR count). The Morgan fingerprint density at radius 2 is 1.46 bits per heavy atom. The first-order chi connectivity index (χ1) is 16.4. The second kappa shape index (κ2) is 12.4. The van der Waals surface area contributed by atoms with Gasteiger partial charge in [0.05, 0.1) is 24.8 Å². The Labute approximate surface area is 201 Å². The molecule has 0 aromatic rings. The van der Waals surface area contributed by atoms with Gasteiger partial charge in [-0.15, -0.1) is 0 Å². The van der Waals surface area contributed by atoms with E-state index in [1.165, 1.54) is 13.8 Å². The van der Waals surface area contributed by atoms with Crippen molar-refractivity contribution in [2.75, 3.05) is 26.2 Å². The molecule has 0 aromatic carbocycles. The van der Waals surface area contributed by atoms with E-state index in [2.05, 4.69) is 26.6 Å². The van der Waals surface area contributed by atoms with Crippen molar-refractivity contribution in [3.63, 3.8) is 0 Å². The van der Waals surface area contributed by atoms with Crippen molar-refractivity contribution in [1.82, 2.24) is 31.5 Å². The first-order valence-corrected chi connectivity index (χ1v) is 11.2. The van der Waals surface area contributed by atoms with E-state index in [1.807, 2.05) is 0 Å². The van der Waals surface area contributed by atoms with Crippen LogP contribution in [0.5, 0.6) is 0 Å². The lowest BCUT2D eigenvalue weighted by molar-refractivity contribution is -0.140. The highest BCUT2D eigenvalue weighted by molar-refractivity contribution is 5.95. The number of amides is 5. The zero-order valence-corrected chi connectivity index (χ0v) is 19.4. The summed E-state index contributed by atoms with van der Waals surface area (Å²) < 4.78 is 0. The predicted molar refractivity (Wildman–Crippen MR) is 117 cm³/mol. The number of nitrogens with zero attached hydrogens (tertiary/aromatic N) is 1. The number of carboxylic acid groups (broad SMARTS) is 1. The van der Waals surface area contributed by atoms with Crippen LogP contribution in [0.25, 0.3) is 0 Å². The Kier molecular flexibility index (Phi) is 9.91. The average molecular weight is 501 g/mol. The average Bonchev–Trinajstić information content (AvgIpc) is 3.40. The maximum atomic E-state index is 12.6. The smallest absolute Gasteiger partial charge is 0.322 e. The van der Waals surface area contributed by atoms with Gasteiger partial charge < -0.3 is 46.8 Å². The van der Waals surface area contributed by atoms with E-state index in [0.29, 0.717) is 0 Å². The second-order valence-electron chi connectivity index (χ2n) is 8.59. The molecule has 0 aliphatic carbocycles. The third-order valence-corrected chi connectivity index (χ3v) is 5.66.